The minimum atomic E-state index is 0. The van der Waals surface area contributed by atoms with E-state index in [0.717, 1.165) is 0 Å². The molecule has 1 radical (unpaired) electrons. The van der Waals surface area contributed by atoms with Crippen molar-refractivity contribution < 1.29 is 40.3 Å². The van der Waals surface area contributed by atoms with Crippen molar-refractivity contribution in [2.75, 3.05) is 0 Å². The Hall–Kier alpha value is -0.405. The minimum Gasteiger partial charge on any atom is -0.372 e. The van der Waals surface area contributed by atoms with Crippen molar-refractivity contribution in [3.63, 3.8) is 0 Å². The van der Waals surface area contributed by atoms with Crippen molar-refractivity contribution in [3.8, 4) is 0 Å². The van der Waals surface area contributed by atoms with E-state index in [-0.39, 0.29) is 35.6 Å². The maximum absolute atomic E-state index is 5.61. The Labute approximate surface area is 124 Å². The Morgan fingerprint density at radius 3 is 1.38 bits per heavy atom. The summed E-state index contributed by atoms with van der Waals surface area (Å²) in [6, 6.07) is 20.4. The van der Waals surface area contributed by atoms with E-state index in [9.17, 15) is 0 Å². The van der Waals surface area contributed by atoms with Crippen LogP contribution in [0.1, 0.15) is 11.1 Å². The fourth-order valence-electron chi connectivity index (χ4n) is 1.44. The van der Waals surface area contributed by atoms with E-state index in [1.165, 1.54) is 11.1 Å². The van der Waals surface area contributed by atoms with E-state index in [4.69, 9.17) is 4.74 Å². The molecule has 0 saturated heterocycles. The van der Waals surface area contributed by atoms with E-state index in [1.54, 1.807) is 0 Å². The molecule has 0 fully saturated rings. The van der Waals surface area contributed by atoms with Crippen molar-refractivity contribution in [3.05, 3.63) is 71.8 Å². The summed E-state index contributed by atoms with van der Waals surface area (Å²) in [7, 11) is 0. The van der Waals surface area contributed by atoms with Gasteiger partial charge in [0.1, 0.15) is 0 Å². The van der Waals surface area contributed by atoms with Crippen LogP contribution in [0.5, 0.6) is 0 Å². The molecule has 0 unspecified atom stereocenters. The van der Waals surface area contributed by atoms with Gasteiger partial charge in [-0.05, 0) is 11.1 Å². The molecule has 16 heavy (non-hydrogen) atoms. The normalized spacial score (nSPS) is 9.50. The molecule has 0 aliphatic carbocycles. The first kappa shape index (κ1) is 13.7. The second-order valence-corrected chi connectivity index (χ2v) is 3.46. The second kappa shape index (κ2) is 7.80. The summed E-state index contributed by atoms with van der Waals surface area (Å²) >= 11 is 0. The van der Waals surface area contributed by atoms with Gasteiger partial charge in [-0.1, -0.05) is 60.7 Å². The predicted molar refractivity (Wildman–Crippen MR) is 61.4 cm³/mol. The third-order valence-electron chi connectivity index (χ3n) is 2.22. The van der Waals surface area contributed by atoms with Crippen molar-refractivity contribution in [1.29, 1.82) is 0 Å². The molecule has 2 rings (SSSR count). The number of benzene rings is 2. The summed E-state index contributed by atoms with van der Waals surface area (Å²) in [6.45, 7) is 1.35. The Morgan fingerprint density at radius 2 is 1.00 bits per heavy atom. The summed E-state index contributed by atoms with van der Waals surface area (Å²) in [4.78, 5) is 0. The molecule has 0 aromatic heterocycles. The van der Waals surface area contributed by atoms with Gasteiger partial charge in [0.05, 0.1) is 13.2 Å². The molecule has 0 aliphatic rings. The standard InChI is InChI=1S/C14H14O.La/c1-3-7-13(8-4-1)11-15-12-14-9-5-2-6-10-14;/h1-10H,11-12H2;. The van der Waals surface area contributed by atoms with Gasteiger partial charge in [-0.15, -0.1) is 0 Å². The molecule has 0 spiro atoms. The summed E-state index contributed by atoms with van der Waals surface area (Å²) in [5.41, 5.74) is 2.43. The zero-order valence-corrected chi connectivity index (χ0v) is 12.8. The van der Waals surface area contributed by atoms with Crippen LogP contribution in [0.2, 0.25) is 0 Å². The van der Waals surface area contributed by atoms with E-state index in [0.29, 0.717) is 13.2 Å². The van der Waals surface area contributed by atoms with E-state index in [2.05, 4.69) is 24.3 Å². The Kier molecular flexibility index (Phi) is 6.66. The van der Waals surface area contributed by atoms with Crippen LogP contribution >= 0.6 is 0 Å². The van der Waals surface area contributed by atoms with Gasteiger partial charge in [-0.2, -0.15) is 0 Å². The largest absolute Gasteiger partial charge is 0.372 e. The molecule has 2 heteroatoms. The van der Waals surface area contributed by atoms with E-state index >= 15 is 0 Å². The number of hydrogen-bond acceptors (Lipinski definition) is 1. The molecule has 0 aliphatic heterocycles. The van der Waals surface area contributed by atoms with E-state index < -0.39 is 0 Å². The van der Waals surface area contributed by atoms with Crippen LogP contribution in [-0.4, -0.2) is 0 Å². The van der Waals surface area contributed by atoms with Crippen molar-refractivity contribution in [1.82, 2.24) is 0 Å². The first-order valence-electron chi connectivity index (χ1n) is 5.11. The molecule has 0 atom stereocenters. The third-order valence-corrected chi connectivity index (χ3v) is 2.22. The molecule has 2 aromatic carbocycles. The molecule has 0 amide bonds. The average Bonchev–Trinajstić information content (AvgIpc) is 2.32. The zero-order chi connectivity index (χ0) is 10.3. The average molecular weight is 337 g/mol. The number of ether oxygens (including phenoxy) is 1. The van der Waals surface area contributed by atoms with Crippen molar-refractivity contribution >= 4 is 0 Å². The Balaban J connectivity index is 0.00000128. The van der Waals surface area contributed by atoms with Gasteiger partial charge >= 0.3 is 0 Å². The van der Waals surface area contributed by atoms with Gasteiger partial charge < -0.3 is 4.74 Å². The summed E-state index contributed by atoms with van der Waals surface area (Å²) in [5, 5.41) is 0. The molecular formula is C14H14LaO. The first-order chi connectivity index (χ1) is 7.45. The monoisotopic (exact) mass is 337 g/mol. The third kappa shape index (κ3) is 4.62. The second-order valence-electron chi connectivity index (χ2n) is 3.46. The van der Waals surface area contributed by atoms with Gasteiger partial charge in [0.2, 0.25) is 0 Å². The van der Waals surface area contributed by atoms with Gasteiger partial charge in [0.15, 0.2) is 0 Å². The van der Waals surface area contributed by atoms with Crippen LogP contribution in [0, 0.1) is 35.6 Å². The molecule has 0 saturated carbocycles. The van der Waals surface area contributed by atoms with Crippen molar-refractivity contribution in [2.24, 2.45) is 0 Å². The smallest absolute Gasteiger partial charge is 0.0721 e. The van der Waals surface area contributed by atoms with Gasteiger partial charge in [0.25, 0.3) is 0 Å². The van der Waals surface area contributed by atoms with Crippen LogP contribution in [0.3, 0.4) is 0 Å². The predicted octanol–water partition coefficient (Wildman–Crippen LogP) is 3.40. The summed E-state index contributed by atoms with van der Waals surface area (Å²) in [5.74, 6) is 0. The Morgan fingerprint density at radius 1 is 0.625 bits per heavy atom. The minimum absolute atomic E-state index is 0. The van der Waals surface area contributed by atoms with Gasteiger partial charge in [-0.3, -0.25) is 0 Å². The van der Waals surface area contributed by atoms with Crippen LogP contribution in [0.25, 0.3) is 0 Å². The fraction of sp³-hybridized carbons (Fsp3) is 0.143. The summed E-state index contributed by atoms with van der Waals surface area (Å²) in [6.07, 6.45) is 0. The molecule has 79 valence electrons. The molecule has 0 N–H and O–H groups in total. The topological polar surface area (TPSA) is 9.23 Å². The zero-order valence-electron chi connectivity index (χ0n) is 9.17. The van der Waals surface area contributed by atoms with Gasteiger partial charge in [0, 0.05) is 35.6 Å². The molecule has 1 nitrogen and oxygen atoms in total. The maximum atomic E-state index is 5.61. The van der Waals surface area contributed by atoms with Crippen LogP contribution in [0.15, 0.2) is 60.7 Å². The SMILES string of the molecule is [La].c1ccc(COCc2ccccc2)cc1. The first-order valence-corrected chi connectivity index (χ1v) is 5.11. The molecular weight excluding hydrogens is 323 g/mol. The molecule has 0 heterocycles. The van der Waals surface area contributed by atoms with Crippen molar-refractivity contribution in [2.45, 2.75) is 13.2 Å². The van der Waals surface area contributed by atoms with Gasteiger partial charge in [-0.25, -0.2) is 0 Å². The fourth-order valence-corrected chi connectivity index (χ4v) is 1.44. The number of rotatable bonds is 4. The molecule has 0 bridgehead atoms. The van der Waals surface area contributed by atoms with Crippen LogP contribution < -0.4 is 0 Å². The Bertz CT molecular complexity index is 346. The number of hydrogen-bond donors (Lipinski definition) is 0. The quantitative estimate of drug-likeness (QED) is 0.831. The molecule has 2 aromatic rings. The van der Waals surface area contributed by atoms with Crippen LogP contribution in [-0.2, 0) is 18.0 Å². The van der Waals surface area contributed by atoms with E-state index in [1.807, 2.05) is 36.4 Å². The maximum Gasteiger partial charge on any atom is 0.0721 e. The summed E-state index contributed by atoms with van der Waals surface area (Å²) < 4.78 is 5.61. The van der Waals surface area contributed by atoms with Crippen LogP contribution in [0.4, 0.5) is 0 Å².